The predicted molar refractivity (Wildman–Crippen MR) is 46.7 cm³/mol. The molecule has 0 spiro atoms. The fourth-order valence-corrected chi connectivity index (χ4v) is 1.32. The Kier molecular flexibility index (Phi) is 4.03. The maximum Gasteiger partial charge on any atom is 0.419 e. The summed E-state index contributed by atoms with van der Waals surface area (Å²) in [5.74, 6) is -5.44. The molecule has 1 aromatic rings. The highest BCUT2D eigenvalue weighted by atomic mass is 19.4. The van der Waals surface area contributed by atoms with Gasteiger partial charge in [0.25, 0.3) is 0 Å². The molecule has 0 unspecified atom stereocenters. The summed E-state index contributed by atoms with van der Waals surface area (Å²) in [6.45, 7) is -0.401. The van der Waals surface area contributed by atoms with Crippen LogP contribution in [-0.2, 0) is 12.6 Å². The second-order valence-electron chi connectivity index (χ2n) is 3.34. The third-order valence-corrected chi connectivity index (χ3v) is 2.14. The van der Waals surface area contributed by atoms with E-state index in [9.17, 15) is 26.3 Å². The number of rotatable bonds is 3. The molecular formula is C10H8F6O. The first-order valence-electron chi connectivity index (χ1n) is 4.63. The van der Waals surface area contributed by atoms with Crippen molar-refractivity contribution >= 4 is 0 Å². The van der Waals surface area contributed by atoms with E-state index in [0.717, 1.165) is 0 Å². The second kappa shape index (κ2) is 4.95. The van der Waals surface area contributed by atoms with Gasteiger partial charge in [-0.3, -0.25) is 0 Å². The molecular weight excluding hydrogens is 250 g/mol. The molecule has 1 aromatic carbocycles. The van der Waals surface area contributed by atoms with Gasteiger partial charge in [-0.15, -0.1) is 0 Å². The summed E-state index contributed by atoms with van der Waals surface area (Å²) in [4.78, 5) is 0. The normalized spacial score (nSPS) is 11.9. The first-order chi connectivity index (χ1) is 7.79. The molecule has 96 valence electrons. The largest absolute Gasteiger partial charge is 0.419 e. The molecule has 1 N–H and O–H groups in total. The zero-order chi connectivity index (χ0) is 13.2. The van der Waals surface area contributed by atoms with Crippen molar-refractivity contribution in [2.75, 3.05) is 6.61 Å². The Hall–Kier alpha value is -1.24. The van der Waals surface area contributed by atoms with E-state index >= 15 is 0 Å². The number of aliphatic hydroxyl groups excluding tert-OH is 1. The standard InChI is InChI=1S/C10H8F6O/c11-7-4-6(10(14,15)16)9(13)8(12)5(7)2-1-3-17/h4,17H,1-3H2. The van der Waals surface area contributed by atoms with Crippen molar-refractivity contribution in [2.45, 2.75) is 19.0 Å². The number of hydrogen-bond donors (Lipinski definition) is 1. The van der Waals surface area contributed by atoms with Gasteiger partial charge in [0.1, 0.15) is 5.82 Å². The molecule has 0 saturated heterocycles. The van der Waals surface area contributed by atoms with Crippen molar-refractivity contribution < 1.29 is 31.4 Å². The molecule has 0 saturated carbocycles. The zero-order valence-electron chi connectivity index (χ0n) is 8.41. The van der Waals surface area contributed by atoms with Crippen LogP contribution in [-0.4, -0.2) is 11.7 Å². The van der Waals surface area contributed by atoms with Crippen LogP contribution in [0.4, 0.5) is 26.3 Å². The van der Waals surface area contributed by atoms with Gasteiger partial charge in [-0.2, -0.15) is 13.2 Å². The quantitative estimate of drug-likeness (QED) is 0.652. The van der Waals surface area contributed by atoms with Gasteiger partial charge in [0.05, 0.1) is 5.56 Å². The van der Waals surface area contributed by atoms with Gasteiger partial charge in [-0.05, 0) is 18.9 Å². The second-order valence-corrected chi connectivity index (χ2v) is 3.34. The lowest BCUT2D eigenvalue weighted by atomic mass is 10.0. The average molecular weight is 258 g/mol. The summed E-state index contributed by atoms with van der Waals surface area (Å²) < 4.78 is 75.9. The molecule has 17 heavy (non-hydrogen) atoms. The predicted octanol–water partition coefficient (Wildman–Crippen LogP) is 3.05. The Bertz CT molecular complexity index is 412. The van der Waals surface area contributed by atoms with E-state index in [2.05, 4.69) is 0 Å². The van der Waals surface area contributed by atoms with Crippen LogP contribution < -0.4 is 0 Å². The van der Waals surface area contributed by atoms with E-state index in [-0.39, 0.29) is 18.9 Å². The molecule has 0 aliphatic heterocycles. The Morgan fingerprint density at radius 1 is 1.06 bits per heavy atom. The fourth-order valence-electron chi connectivity index (χ4n) is 1.32. The summed E-state index contributed by atoms with van der Waals surface area (Å²) in [7, 11) is 0. The van der Waals surface area contributed by atoms with E-state index in [1.807, 2.05) is 0 Å². The lowest BCUT2D eigenvalue weighted by molar-refractivity contribution is -0.140. The highest BCUT2D eigenvalue weighted by molar-refractivity contribution is 5.30. The van der Waals surface area contributed by atoms with Gasteiger partial charge in [0, 0.05) is 12.2 Å². The van der Waals surface area contributed by atoms with Crippen LogP contribution >= 0.6 is 0 Å². The molecule has 0 radical (unpaired) electrons. The Labute approximate surface area is 92.7 Å². The number of hydrogen-bond acceptors (Lipinski definition) is 1. The third-order valence-electron chi connectivity index (χ3n) is 2.14. The molecule has 0 amide bonds. The van der Waals surface area contributed by atoms with Gasteiger partial charge in [-0.1, -0.05) is 0 Å². The van der Waals surface area contributed by atoms with Crippen molar-refractivity contribution in [3.8, 4) is 0 Å². The van der Waals surface area contributed by atoms with Gasteiger partial charge in [-0.25, -0.2) is 13.2 Å². The van der Waals surface area contributed by atoms with Crippen molar-refractivity contribution in [3.63, 3.8) is 0 Å². The number of aliphatic hydroxyl groups is 1. The summed E-state index contributed by atoms with van der Waals surface area (Å²) >= 11 is 0. The summed E-state index contributed by atoms with van der Waals surface area (Å²) in [5.41, 5.74) is -2.76. The fraction of sp³-hybridized carbons (Fsp3) is 0.400. The van der Waals surface area contributed by atoms with Crippen LogP contribution in [0.3, 0.4) is 0 Å². The molecule has 0 aliphatic carbocycles. The molecule has 7 heteroatoms. The van der Waals surface area contributed by atoms with E-state index < -0.39 is 41.4 Å². The average Bonchev–Trinajstić information content (AvgIpc) is 2.22. The Balaban J connectivity index is 3.27. The van der Waals surface area contributed by atoms with Crippen LogP contribution in [0.5, 0.6) is 0 Å². The SMILES string of the molecule is OCCCc1c(F)cc(C(F)(F)F)c(F)c1F. The lowest BCUT2D eigenvalue weighted by Gasteiger charge is -2.12. The smallest absolute Gasteiger partial charge is 0.396 e. The van der Waals surface area contributed by atoms with Crippen molar-refractivity contribution in [3.05, 3.63) is 34.6 Å². The first kappa shape index (κ1) is 13.8. The third kappa shape index (κ3) is 2.91. The van der Waals surface area contributed by atoms with E-state index in [0.29, 0.717) is 0 Å². The molecule has 1 nitrogen and oxygen atoms in total. The van der Waals surface area contributed by atoms with Crippen molar-refractivity contribution in [1.29, 1.82) is 0 Å². The number of alkyl halides is 3. The maximum atomic E-state index is 13.2. The van der Waals surface area contributed by atoms with Gasteiger partial charge < -0.3 is 5.11 Å². The molecule has 0 bridgehead atoms. The van der Waals surface area contributed by atoms with E-state index in [1.54, 1.807) is 0 Å². The molecule has 0 aliphatic rings. The molecule has 0 atom stereocenters. The summed E-state index contributed by atoms with van der Waals surface area (Å²) in [6.07, 6.45) is -5.59. The number of halogens is 6. The highest BCUT2D eigenvalue weighted by Crippen LogP contribution is 2.34. The highest BCUT2D eigenvalue weighted by Gasteiger charge is 2.37. The van der Waals surface area contributed by atoms with Crippen LogP contribution in [0.15, 0.2) is 6.07 Å². The van der Waals surface area contributed by atoms with E-state index in [1.165, 1.54) is 0 Å². The van der Waals surface area contributed by atoms with Gasteiger partial charge >= 0.3 is 6.18 Å². The van der Waals surface area contributed by atoms with Gasteiger partial charge in [0.15, 0.2) is 11.6 Å². The van der Waals surface area contributed by atoms with E-state index in [4.69, 9.17) is 5.11 Å². The van der Waals surface area contributed by atoms with Gasteiger partial charge in [0.2, 0.25) is 0 Å². The minimum atomic E-state index is -5.15. The molecule has 0 fully saturated rings. The Morgan fingerprint density at radius 3 is 2.12 bits per heavy atom. The maximum absolute atomic E-state index is 13.2. The number of benzene rings is 1. The van der Waals surface area contributed by atoms with Crippen molar-refractivity contribution in [1.82, 2.24) is 0 Å². The van der Waals surface area contributed by atoms with Crippen LogP contribution in [0.25, 0.3) is 0 Å². The minimum Gasteiger partial charge on any atom is -0.396 e. The molecule has 1 rings (SSSR count). The summed E-state index contributed by atoms with van der Waals surface area (Å²) in [6, 6.07) is -0.0783. The monoisotopic (exact) mass is 258 g/mol. The Morgan fingerprint density at radius 2 is 1.65 bits per heavy atom. The molecule has 0 aromatic heterocycles. The summed E-state index contributed by atoms with van der Waals surface area (Å²) in [5, 5.41) is 8.44. The molecule has 0 heterocycles. The first-order valence-corrected chi connectivity index (χ1v) is 4.63. The van der Waals surface area contributed by atoms with Crippen LogP contribution in [0, 0.1) is 17.5 Å². The van der Waals surface area contributed by atoms with Crippen LogP contribution in [0.2, 0.25) is 0 Å². The lowest BCUT2D eigenvalue weighted by Crippen LogP contribution is -2.13. The topological polar surface area (TPSA) is 20.2 Å². The minimum absolute atomic E-state index is 0.0708. The van der Waals surface area contributed by atoms with Crippen molar-refractivity contribution in [2.24, 2.45) is 0 Å². The zero-order valence-corrected chi connectivity index (χ0v) is 8.41. The van der Waals surface area contributed by atoms with Crippen LogP contribution in [0.1, 0.15) is 17.5 Å².